The van der Waals surface area contributed by atoms with E-state index in [9.17, 15) is 22.8 Å². The number of nitrogens with one attached hydrogen (secondary N) is 1. The molecule has 0 saturated carbocycles. The Morgan fingerprint density at radius 3 is 2.73 bits per heavy atom. The highest BCUT2D eigenvalue weighted by molar-refractivity contribution is 8.01. The third kappa shape index (κ3) is 4.87. The topological polar surface area (TPSA) is 67.9 Å². The number of amides is 2. The maximum atomic E-state index is 12.5. The van der Waals surface area contributed by atoms with E-state index in [0.717, 1.165) is 23.9 Å². The molecule has 1 heterocycles. The molecule has 1 aliphatic rings. The van der Waals surface area contributed by atoms with Crippen molar-refractivity contribution in [3.8, 4) is 5.75 Å². The number of benzene rings is 1. The molecule has 6 nitrogen and oxygen atoms in total. The van der Waals surface area contributed by atoms with Crippen molar-refractivity contribution in [3.05, 3.63) is 24.3 Å². The zero-order valence-corrected chi connectivity index (χ0v) is 15.5. The lowest BCUT2D eigenvalue weighted by atomic mass is 10.2. The van der Waals surface area contributed by atoms with E-state index < -0.39 is 34.4 Å². The number of carbonyl (C=O) groups is 2. The summed E-state index contributed by atoms with van der Waals surface area (Å²) in [6.07, 6.45) is -4.84. The van der Waals surface area contributed by atoms with Crippen LogP contribution in [-0.4, -0.2) is 47.5 Å². The number of methoxy groups -OCH3 is 1. The average molecular weight is 433 g/mol. The van der Waals surface area contributed by atoms with Gasteiger partial charge in [-0.25, -0.2) is 0 Å². The summed E-state index contributed by atoms with van der Waals surface area (Å²) in [5, 5.41) is -0.400. The summed E-state index contributed by atoms with van der Waals surface area (Å²) in [6.45, 7) is 0. The smallest absolute Gasteiger partial charge is 0.406 e. The van der Waals surface area contributed by atoms with Crippen molar-refractivity contribution in [2.75, 3.05) is 23.8 Å². The van der Waals surface area contributed by atoms with Gasteiger partial charge in [0.15, 0.2) is 5.37 Å². The fourth-order valence-electron chi connectivity index (χ4n) is 2.01. The monoisotopic (exact) mass is 432 g/mol. The molecule has 0 radical (unpaired) electrons. The van der Waals surface area contributed by atoms with Gasteiger partial charge in [0.2, 0.25) is 5.06 Å². The van der Waals surface area contributed by atoms with Gasteiger partial charge in [-0.3, -0.25) is 14.5 Å². The van der Waals surface area contributed by atoms with Crippen LogP contribution in [0.15, 0.2) is 24.3 Å². The third-order valence-corrected chi connectivity index (χ3v) is 5.35. The molecule has 144 valence electrons. The third-order valence-electron chi connectivity index (χ3n) is 3.32. The first-order valence-electron chi connectivity index (χ1n) is 6.99. The molecule has 2 amide bonds. The van der Waals surface area contributed by atoms with Gasteiger partial charge >= 0.3 is 6.36 Å². The van der Waals surface area contributed by atoms with Crippen LogP contribution in [0.2, 0.25) is 0 Å². The number of thioether (sulfide) groups is 1. The van der Waals surface area contributed by atoms with Gasteiger partial charge in [-0.05, 0) is 12.1 Å². The number of carbonyl (C=O) groups excluding carboxylic acids is 2. The molecule has 2 unspecified atom stereocenters. The molecule has 12 heteroatoms. The maximum absolute atomic E-state index is 12.5. The van der Waals surface area contributed by atoms with Gasteiger partial charge < -0.3 is 14.8 Å². The van der Waals surface area contributed by atoms with Crippen LogP contribution in [0.3, 0.4) is 0 Å². The molecule has 2 rings (SSSR count). The van der Waals surface area contributed by atoms with E-state index >= 15 is 0 Å². The summed E-state index contributed by atoms with van der Waals surface area (Å²) >= 11 is 12.6. The van der Waals surface area contributed by atoms with Gasteiger partial charge in [0.25, 0.3) is 11.8 Å². The van der Waals surface area contributed by atoms with Gasteiger partial charge in [0.1, 0.15) is 5.75 Å². The summed E-state index contributed by atoms with van der Waals surface area (Å²) < 4.78 is 45.6. The van der Waals surface area contributed by atoms with E-state index in [1.54, 1.807) is 0 Å². The van der Waals surface area contributed by atoms with E-state index in [2.05, 4.69) is 10.1 Å². The number of anilines is 1. The predicted octanol–water partition coefficient (Wildman–Crippen LogP) is 2.89. The van der Waals surface area contributed by atoms with Crippen molar-refractivity contribution >= 4 is 52.5 Å². The minimum atomic E-state index is -4.84. The minimum Gasteiger partial charge on any atom is -0.406 e. The first-order valence-corrected chi connectivity index (χ1v) is 8.95. The maximum Gasteiger partial charge on any atom is 0.573 e. The Kier molecular flexibility index (Phi) is 6.54. The Morgan fingerprint density at radius 1 is 1.46 bits per heavy atom. The standard InChI is InChI=1S/C14H13Cl2F3N2O4S/c1-24-13(16,6-15)12(23)20-10-11(22)21(7-26-10)8-3-2-4-9(5-8)25-14(17,18)19/h2-5,10H,6-7H2,1H3,(H,20,23). The number of nitrogens with zero attached hydrogens (tertiary/aromatic N) is 1. The molecule has 2 atom stereocenters. The lowest BCUT2D eigenvalue weighted by Gasteiger charge is -2.23. The molecule has 1 saturated heterocycles. The van der Waals surface area contributed by atoms with Gasteiger partial charge in [-0.1, -0.05) is 17.7 Å². The van der Waals surface area contributed by atoms with Crippen LogP contribution in [0.5, 0.6) is 5.75 Å². The lowest BCUT2D eigenvalue weighted by molar-refractivity contribution is -0.274. The zero-order chi connectivity index (χ0) is 19.5. The summed E-state index contributed by atoms with van der Waals surface area (Å²) in [4.78, 5) is 25.8. The van der Waals surface area contributed by atoms with E-state index in [4.69, 9.17) is 27.9 Å². The highest BCUT2D eigenvalue weighted by atomic mass is 35.5. The molecule has 26 heavy (non-hydrogen) atoms. The molecule has 1 aromatic rings. The van der Waals surface area contributed by atoms with Crippen LogP contribution < -0.4 is 15.0 Å². The summed E-state index contributed by atoms with van der Waals surface area (Å²) in [7, 11) is 1.19. The number of alkyl halides is 5. The number of ether oxygens (including phenoxy) is 2. The fourth-order valence-corrected chi connectivity index (χ4v) is 3.33. The average Bonchev–Trinajstić information content (AvgIpc) is 2.93. The first-order chi connectivity index (χ1) is 12.1. The van der Waals surface area contributed by atoms with Crippen LogP contribution in [0.25, 0.3) is 0 Å². The second kappa shape index (κ2) is 8.12. The predicted molar refractivity (Wildman–Crippen MR) is 91.3 cm³/mol. The lowest BCUT2D eigenvalue weighted by Crippen LogP contribution is -2.50. The number of hydrogen-bond donors (Lipinski definition) is 1. The molecule has 0 spiro atoms. The van der Waals surface area contributed by atoms with Crippen LogP contribution in [0.4, 0.5) is 18.9 Å². The number of halogens is 5. The normalized spacial score (nSPS) is 20.0. The van der Waals surface area contributed by atoms with Crippen LogP contribution >= 0.6 is 35.0 Å². The van der Waals surface area contributed by atoms with Crippen LogP contribution in [0, 0.1) is 0 Å². The van der Waals surface area contributed by atoms with Gasteiger partial charge in [-0.2, -0.15) is 0 Å². The quantitative estimate of drug-likeness (QED) is 0.700. The van der Waals surface area contributed by atoms with Crippen molar-refractivity contribution in [1.29, 1.82) is 0 Å². The largest absolute Gasteiger partial charge is 0.573 e. The molecule has 1 aliphatic heterocycles. The van der Waals surface area contributed by atoms with Gasteiger partial charge in [0.05, 0.1) is 11.8 Å². The SMILES string of the molecule is COC(Cl)(CCl)C(=O)NC1SCN(c2cccc(OC(F)(F)F)c2)C1=O. The zero-order valence-electron chi connectivity index (χ0n) is 13.2. The molecule has 0 bridgehead atoms. The van der Waals surface area contributed by atoms with E-state index in [-0.39, 0.29) is 17.4 Å². The van der Waals surface area contributed by atoms with Crippen LogP contribution in [0.1, 0.15) is 0 Å². The van der Waals surface area contributed by atoms with Crippen molar-refractivity contribution < 1.29 is 32.2 Å². The second-order valence-electron chi connectivity index (χ2n) is 5.03. The van der Waals surface area contributed by atoms with Crippen LogP contribution in [-0.2, 0) is 14.3 Å². The number of hydrogen-bond acceptors (Lipinski definition) is 5. The van der Waals surface area contributed by atoms with E-state index in [1.165, 1.54) is 24.1 Å². The molecule has 1 fully saturated rings. The molecular formula is C14H13Cl2F3N2O4S. The molecule has 0 aromatic heterocycles. The molecular weight excluding hydrogens is 420 g/mol. The van der Waals surface area contributed by atoms with Gasteiger partial charge in [0, 0.05) is 18.9 Å². The Balaban J connectivity index is 2.10. The van der Waals surface area contributed by atoms with Crippen molar-refractivity contribution in [1.82, 2.24) is 5.32 Å². The minimum absolute atomic E-state index is 0.113. The second-order valence-corrected chi connectivity index (χ2v) is 6.97. The first kappa shape index (κ1) is 20.9. The van der Waals surface area contributed by atoms with E-state index in [1.807, 2.05) is 0 Å². The Bertz CT molecular complexity index is 688. The Hall–Kier alpha value is -1.36. The van der Waals surface area contributed by atoms with Crippen molar-refractivity contribution in [3.63, 3.8) is 0 Å². The highest BCUT2D eigenvalue weighted by Crippen LogP contribution is 2.32. The van der Waals surface area contributed by atoms with Crippen molar-refractivity contribution in [2.45, 2.75) is 16.8 Å². The Labute approximate surface area is 160 Å². The van der Waals surface area contributed by atoms with Crippen molar-refractivity contribution in [2.24, 2.45) is 0 Å². The summed E-state index contributed by atoms with van der Waals surface area (Å²) in [5.41, 5.74) is 0.197. The van der Waals surface area contributed by atoms with Gasteiger partial charge in [-0.15, -0.1) is 36.5 Å². The van der Waals surface area contributed by atoms with E-state index in [0.29, 0.717) is 0 Å². The Morgan fingerprint density at radius 2 is 2.15 bits per heavy atom. The fraction of sp³-hybridized carbons (Fsp3) is 0.429. The molecule has 1 N–H and O–H groups in total. The summed E-state index contributed by atoms with van der Waals surface area (Å²) in [5.74, 6) is -2.01. The molecule has 0 aliphatic carbocycles. The molecule has 1 aromatic carbocycles. The summed E-state index contributed by atoms with van der Waals surface area (Å²) in [6, 6.07) is 4.97. The number of rotatable bonds is 6. The highest BCUT2D eigenvalue weighted by Gasteiger charge is 2.41.